The normalized spacial score (nSPS) is 11.1. The Morgan fingerprint density at radius 1 is 1.06 bits per heavy atom. The molecule has 0 unspecified atom stereocenters. The average molecular weight is 258 g/mol. The molecule has 1 aromatic rings. The number of nitrogens with two attached hydrogens (primary N) is 1. The van der Waals surface area contributed by atoms with E-state index in [-0.39, 0.29) is 0 Å². The first-order chi connectivity index (χ1) is 7.77. The number of nitrogens with one attached hydrogen (secondary N) is 1. The molecule has 8 nitrogen and oxygen atoms in total. The molecule has 0 aliphatic carbocycles. The molecule has 0 saturated heterocycles. The van der Waals surface area contributed by atoms with Crippen molar-refractivity contribution >= 4 is 22.0 Å². The molecule has 0 atom stereocenters. The van der Waals surface area contributed by atoms with Crippen LogP contribution >= 0.6 is 0 Å². The summed E-state index contributed by atoms with van der Waals surface area (Å²) in [6.45, 7) is 0. The van der Waals surface area contributed by atoms with E-state index in [2.05, 4.69) is 0 Å². The third-order valence-electron chi connectivity index (χ3n) is 1.84. The van der Waals surface area contributed by atoms with Crippen LogP contribution in [0.2, 0.25) is 0 Å². The summed E-state index contributed by atoms with van der Waals surface area (Å²) in [5.74, 6) is 1.29. The van der Waals surface area contributed by atoms with E-state index in [0.717, 1.165) is 18.2 Å². The molecule has 0 spiro atoms. The Kier molecular flexibility index (Phi) is 3.46. The van der Waals surface area contributed by atoms with Crippen molar-refractivity contribution in [3.8, 4) is 0 Å². The molecule has 0 heterocycles. The van der Waals surface area contributed by atoms with Gasteiger partial charge in [-0.15, -0.1) is 0 Å². The molecular formula is C8H6N2O6S-2. The van der Waals surface area contributed by atoms with E-state index in [1.807, 2.05) is 0 Å². The van der Waals surface area contributed by atoms with Gasteiger partial charge in [0.15, 0.2) is 0 Å². The molecule has 9 heteroatoms. The Bertz CT molecular complexity index is 547. The first-order valence-corrected chi connectivity index (χ1v) is 5.56. The largest absolute Gasteiger partial charge is 0.545 e. The minimum atomic E-state index is -4.16. The molecule has 0 aromatic heterocycles. The van der Waals surface area contributed by atoms with Gasteiger partial charge in [-0.2, -0.15) is 4.83 Å². The second kappa shape index (κ2) is 4.49. The van der Waals surface area contributed by atoms with E-state index in [1.54, 1.807) is 0 Å². The van der Waals surface area contributed by atoms with Crippen LogP contribution in [-0.4, -0.2) is 20.4 Å². The molecule has 0 amide bonds. The number of aromatic carboxylic acids is 2. The number of hydrazine groups is 1. The van der Waals surface area contributed by atoms with Crippen LogP contribution in [0.4, 0.5) is 0 Å². The lowest BCUT2D eigenvalue weighted by molar-refractivity contribution is -0.255. The molecular weight excluding hydrogens is 252 g/mol. The summed E-state index contributed by atoms with van der Waals surface area (Å²) in [5.41, 5.74) is -1.22. The van der Waals surface area contributed by atoms with Crippen LogP contribution in [0.3, 0.4) is 0 Å². The van der Waals surface area contributed by atoms with E-state index in [0.29, 0.717) is 0 Å². The Balaban J connectivity index is 3.53. The topological polar surface area (TPSA) is 152 Å². The van der Waals surface area contributed by atoms with Gasteiger partial charge in [0, 0.05) is 0 Å². The highest BCUT2D eigenvalue weighted by atomic mass is 32.2. The van der Waals surface area contributed by atoms with Gasteiger partial charge in [0.1, 0.15) is 0 Å². The van der Waals surface area contributed by atoms with Crippen molar-refractivity contribution in [1.29, 1.82) is 0 Å². The van der Waals surface area contributed by atoms with E-state index < -0.39 is 38.0 Å². The van der Waals surface area contributed by atoms with Crippen molar-refractivity contribution in [3.63, 3.8) is 0 Å². The molecule has 17 heavy (non-hydrogen) atoms. The molecule has 0 saturated carbocycles. The van der Waals surface area contributed by atoms with E-state index in [1.165, 1.54) is 4.83 Å². The first kappa shape index (κ1) is 13.1. The summed E-state index contributed by atoms with van der Waals surface area (Å²) in [6.07, 6.45) is 0. The number of rotatable bonds is 4. The second-order valence-corrected chi connectivity index (χ2v) is 4.66. The fraction of sp³-hybridized carbons (Fsp3) is 0. The average Bonchev–Trinajstić information content (AvgIpc) is 2.28. The first-order valence-electron chi connectivity index (χ1n) is 4.08. The summed E-state index contributed by atoms with van der Waals surface area (Å²) >= 11 is 0. The highest BCUT2D eigenvalue weighted by molar-refractivity contribution is 7.89. The highest BCUT2D eigenvalue weighted by Crippen LogP contribution is 2.14. The number of carboxylic acids is 2. The van der Waals surface area contributed by atoms with Gasteiger partial charge in [0.05, 0.1) is 16.8 Å². The van der Waals surface area contributed by atoms with Crippen molar-refractivity contribution in [1.82, 2.24) is 4.83 Å². The van der Waals surface area contributed by atoms with Crippen molar-refractivity contribution in [2.24, 2.45) is 5.84 Å². The zero-order valence-corrected chi connectivity index (χ0v) is 8.98. The van der Waals surface area contributed by atoms with Crippen LogP contribution in [0.1, 0.15) is 20.7 Å². The fourth-order valence-electron chi connectivity index (χ4n) is 1.06. The van der Waals surface area contributed by atoms with Crippen LogP contribution in [0.5, 0.6) is 0 Å². The number of carbonyl (C=O) groups excluding carboxylic acids is 2. The van der Waals surface area contributed by atoms with E-state index >= 15 is 0 Å². The van der Waals surface area contributed by atoms with Crippen LogP contribution in [0.25, 0.3) is 0 Å². The van der Waals surface area contributed by atoms with Gasteiger partial charge in [-0.05, 0) is 29.3 Å². The number of sulfonamides is 1. The molecule has 1 aromatic carbocycles. The van der Waals surface area contributed by atoms with Gasteiger partial charge >= 0.3 is 0 Å². The fourth-order valence-corrected chi connectivity index (χ4v) is 1.76. The maximum Gasteiger partial charge on any atom is 0.253 e. The van der Waals surface area contributed by atoms with Gasteiger partial charge in [-0.1, -0.05) is 0 Å². The predicted octanol–water partition coefficient (Wildman–Crippen LogP) is -3.43. The minimum Gasteiger partial charge on any atom is -0.545 e. The quantitative estimate of drug-likeness (QED) is 0.421. The smallest absolute Gasteiger partial charge is 0.253 e. The zero-order chi connectivity index (χ0) is 13.2. The number of hydrogen-bond acceptors (Lipinski definition) is 7. The number of carbonyl (C=O) groups is 2. The molecule has 0 fully saturated rings. The second-order valence-electron chi connectivity index (χ2n) is 2.94. The van der Waals surface area contributed by atoms with Gasteiger partial charge < -0.3 is 19.8 Å². The predicted molar refractivity (Wildman–Crippen MR) is 49.6 cm³/mol. The lowest BCUT2D eigenvalue weighted by Crippen LogP contribution is -2.32. The molecule has 3 N–H and O–H groups in total. The Morgan fingerprint density at radius 3 is 1.76 bits per heavy atom. The SMILES string of the molecule is NNS(=O)(=O)c1cc(C(=O)[O-])cc(C(=O)[O-])c1. The molecule has 0 radical (unpaired) electrons. The molecule has 0 aliphatic heterocycles. The maximum absolute atomic E-state index is 11.3. The van der Waals surface area contributed by atoms with Gasteiger partial charge in [0.25, 0.3) is 10.0 Å². The number of carboxylic acid groups (broad SMARTS) is 2. The molecule has 0 aliphatic rings. The standard InChI is InChI=1S/C8H8N2O6S/c9-10-17(15,16)6-2-4(7(11)12)1-5(3-6)8(13)14/h1-3,10H,9H2,(H,11,12)(H,13,14)/p-2. The van der Waals surface area contributed by atoms with Crippen molar-refractivity contribution in [2.75, 3.05) is 0 Å². The van der Waals surface area contributed by atoms with Gasteiger partial charge in [-0.25, -0.2) is 8.42 Å². The maximum atomic E-state index is 11.3. The zero-order valence-electron chi connectivity index (χ0n) is 8.17. The van der Waals surface area contributed by atoms with Crippen LogP contribution in [0.15, 0.2) is 23.1 Å². The number of hydrogen-bond donors (Lipinski definition) is 2. The Morgan fingerprint density at radius 2 is 1.47 bits per heavy atom. The van der Waals surface area contributed by atoms with Crippen LogP contribution in [0, 0.1) is 0 Å². The lowest BCUT2D eigenvalue weighted by Gasteiger charge is -2.10. The van der Waals surface area contributed by atoms with Crippen molar-refractivity contribution in [3.05, 3.63) is 29.3 Å². The molecule has 1 rings (SSSR count). The summed E-state index contributed by atoms with van der Waals surface area (Å²) in [7, 11) is -4.16. The molecule has 92 valence electrons. The minimum absolute atomic E-state index is 0.610. The summed E-state index contributed by atoms with van der Waals surface area (Å²) in [6, 6.07) is 2.16. The molecule has 0 bridgehead atoms. The van der Waals surface area contributed by atoms with Crippen molar-refractivity contribution in [2.45, 2.75) is 4.90 Å². The monoisotopic (exact) mass is 258 g/mol. The summed E-state index contributed by atoms with van der Waals surface area (Å²) < 4.78 is 22.6. The summed E-state index contributed by atoms with van der Waals surface area (Å²) in [5, 5.41) is 21.1. The third kappa shape index (κ3) is 2.78. The van der Waals surface area contributed by atoms with Crippen LogP contribution < -0.4 is 20.9 Å². The van der Waals surface area contributed by atoms with Gasteiger partial charge in [0.2, 0.25) is 0 Å². The number of benzene rings is 1. The Labute approximate surface area is 95.7 Å². The van der Waals surface area contributed by atoms with Crippen molar-refractivity contribution < 1.29 is 28.2 Å². The van der Waals surface area contributed by atoms with Crippen LogP contribution in [-0.2, 0) is 10.0 Å². The van der Waals surface area contributed by atoms with Gasteiger partial charge in [-0.3, -0.25) is 5.84 Å². The lowest BCUT2D eigenvalue weighted by atomic mass is 10.1. The third-order valence-corrected chi connectivity index (χ3v) is 3.01. The van der Waals surface area contributed by atoms with E-state index in [9.17, 15) is 28.2 Å². The summed E-state index contributed by atoms with van der Waals surface area (Å²) in [4.78, 5) is 22.0. The Hall–Kier alpha value is -1.97. The highest BCUT2D eigenvalue weighted by Gasteiger charge is 2.14. The van der Waals surface area contributed by atoms with E-state index in [4.69, 9.17) is 5.84 Å².